The molecular formula is C17H24N2O. The molecule has 1 fully saturated rings. The number of carbonyl (C=O) groups excluding carboxylic acids is 1. The van der Waals surface area contributed by atoms with Crippen LogP contribution in [0.1, 0.15) is 44.6 Å². The third-order valence-electron chi connectivity index (χ3n) is 4.75. The highest BCUT2D eigenvalue weighted by atomic mass is 16.2. The van der Waals surface area contributed by atoms with Gasteiger partial charge in [-0.1, -0.05) is 25.1 Å². The van der Waals surface area contributed by atoms with Gasteiger partial charge in [0.1, 0.15) is 0 Å². The Hall–Kier alpha value is -1.35. The number of aryl methyl sites for hydroxylation is 1. The van der Waals surface area contributed by atoms with Gasteiger partial charge in [-0.3, -0.25) is 4.79 Å². The maximum Gasteiger partial charge on any atom is 0.241 e. The maximum absolute atomic E-state index is 12.3. The summed E-state index contributed by atoms with van der Waals surface area (Å²) in [4.78, 5) is 12.3. The smallest absolute Gasteiger partial charge is 0.241 e. The van der Waals surface area contributed by atoms with Crippen LogP contribution in [0.3, 0.4) is 0 Å². The van der Waals surface area contributed by atoms with Crippen molar-refractivity contribution in [3.8, 4) is 0 Å². The molecule has 1 saturated carbocycles. The van der Waals surface area contributed by atoms with Crippen LogP contribution in [0.15, 0.2) is 24.3 Å². The summed E-state index contributed by atoms with van der Waals surface area (Å²) in [6.07, 6.45) is 6.85. The molecule has 2 N–H and O–H groups in total. The van der Waals surface area contributed by atoms with E-state index in [-0.39, 0.29) is 11.9 Å². The van der Waals surface area contributed by atoms with Crippen LogP contribution in [0.5, 0.6) is 0 Å². The Morgan fingerprint density at radius 2 is 1.85 bits per heavy atom. The zero-order valence-corrected chi connectivity index (χ0v) is 12.2. The number of hydrogen-bond donors (Lipinski definition) is 2. The van der Waals surface area contributed by atoms with Crippen molar-refractivity contribution in [1.82, 2.24) is 5.32 Å². The highest BCUT2D eigenvalue weighted by molar-refractivity contribution is 5.96. The number of nitrogens with one attached hydrogen (secondary N) is 2. The molecule has 108 valence electrons. The van der Waals surface area contributed by atoms with Crippen molar-refractivity contribution in [2.45, 2.75) is 57.5 Å². The first-order chi connectivity index (χ1) is 9.72. The average Bonchev–Trinajstić information content (AvgIpc) is 2.61. The molecule has 1 heterocycles. The van der Waals surface area contributed by atoms with Crippen molar-refractivity contribution in [1.29, 1.82) is 0 Å². The fourth-order valence-electron chi connectivity index (χ4n) is 3.38. The second-order valence-electron chi connectivity index (χ2n) is 6.36. The van der Waals surface area contributed by atoms with Gasteiger partial charge in [0.25, 0.3) is 0 Å². The third-order valence-corrected chi connectivity index (χ3v) is 4.75. The van der Waals surface area contributed by atoms with E-state index in [1.165, 1.54) is 31.2 Å². The average molecular weight is 272 g/mol. The lowest BCUT2D eigenvalue weighted by molar-refractivity contribution is -0.118. The minimum atomic E-state index is -0.0409. The van der Waals surface area contributed by atoms with Crippen LogP contribution in [0.2, 0.25) is 0 Å². The van der Waals surface area contributed by atoms with Crippen molar-refractivity contribution in [3.63, 3.8) is 0 Å². The van der Waals surface area contributed by atoms with Crippen molar-refractivity contribution in [2.75, 3.05) is 5.32 Å². The van der Waals surface area contributed by atoms with Gasteiger partial charge < -0.3 is 10.6 Å². The minimum Gasteiger partial charge on any atom is -0.324 e. The number of carbonyl (C=O) groups is 1. The second-order valence-corrected chi connectivity index (χ2v) is 6.36. The molecule has 1 aromatic rings. The summed E-state index contributed by atoms with van der Waals surface area (Å²) in [5.74, 6) is 0.980. The number of para-hydroxylation sites is 1. The number of benzene rings is 1. The quantitative estimate of drug-likeness (QED) is 0.868. The van der Waals surface area contributed by atoms with E-state index in [2.05, 4.69) is 23.6 Å². The molecule has 0 spiro atoms. The molecule has 2 aliphatic rings. The van der Waals surface area contributed by atoms with E-state index >= 15 is 0 Å². The Morgan fingerprint density at radius 3 is 2.65 bits per heavy atom. The SMILES string of the molecule is CC1CCC(NC2CCc3ccccc3NC2=O)CC1. The maximum atomic E-state index is 12.3. The van der Waals surface area contributed by atoms with Crippen LogP contribution < -0.4 is 10.6 Å². The number of anilines is 1. The standard InChI is InChI=1S/C17H24N2O/c1-12-6-9-14(10-7-12)18-16-11-8-13-4-2-3-5-15(13)19-17(16)20/h2-5,12,14,16,18H,6-11H2,1H3,(H,19,20). The molecule has 3 nitrogen and oxygen atoms in total. The van der Waals surface area contributed by atoms with Gasteiger partial charge in [-0.15, -0.1) is 0 Å². The molecule has 1 amide bonds. The predicted molar refractivity (Wildman–Crippen MR) is 81.7 cm³/mol. The van der Waals surface area contributed by atoms with Crippen LogP contribution in [-0.2, 0) is 11.2 Å². The first-order valence-corrected chi connectivity index (χ1v) is 7.87. The predicted octanol–water partition coefficient (Wildman–Crippen LogP) is 3.11. The molecule has 1 aromatic carbocycles. The molecular weight excluding hydrogens is 248 g/mol. The Labute approximate surface area is 121 Å². The van der Waals surface area contributed by atoms with Crippen LogP contribution in [0, 0.1) is 5.92 Å². The van der Waals surface area contributed by atoms with Gasteiger partial charge in [-0.2, -0.15) is 0 Å². The van der Waals surface area contributed by atoms with E-state index in [0.29, 0.717) is 6.04 Å². The van der Waals surface area contributed by atoms with Gasteiger partial charge in [0.05, 0.1) is 6.04 Å². The molecule has 1 unspecified atom stereocenters. The Kier molecular flexibility index (Phi) is 4.06. The molecule has 0 radical (unpaired) electrons. The highest BCUT2D eigenvalue weighted by Gasteiger charge is 2.27. The van der Waals surface area contributed by atoms with E-state index in [1.54, 1.807) is 0 Å². The lowest BCUT2D eigenvalue weighted by atomic mass is 9.87. The monoisotopic (exact) mass is 272 g/mol. The molecule has 1 aliphatic heterocycles. The van der Waals surface area contributed by atoms with Crippen molar-refractivity contribution in [2.24, 2.45) is 5.92 Å². The van der Waals surface area contributed by atoms with Gasteiger partial charge in [-0.05, 0) is 56.1 Å². The summed E-state index contributed by atoms with van der Waals surface area (Å²) in [5, 5.41) is 6.66. The zero-order chi connectivity index (χ0) is 13.9. The molecule has 3 heteroatoms. The molecule has 0 aromatic heterocycles. The van der Waals surface area contributed by atoms with Crippen molar-refractivity contribution < 1.29 is 4.79 Å². The fraction of sp³-hybridized carbons (Fsp3) is 0.588. The largest absolute Gasteiger partial charge is 0.324 e. The van der Waals surface area contributed by atoms with Crippen LogP contribution in [0.4, 0.5) is 5.69 Å². The van der Waals surface area contributed by atoms with E-state index < -0.39 is 0 Å². The summed E-state index contributed by atoms with van der Waals surface area (Å²) in [5.41, 5.74) is 2.24. The fourth-order valence-corrected chi connectivity index (χ4v) is 3.38. The summed E-state index contributed by atoms with van der Waals surface area (Å²) in [7, 11) is 0. The van der Waals surface area contributed by atoms with E-state index in [9.17, 15) is 4.79 Å². The number of fused-ring (bicyclic) bond motifs is 1. The Balaban J connectivity index is 1.63. The lowest BCUT2D eigenvalue weighted by Gasteiger charge is -2.30. The Bertz CT molecular complexity index is 478. The normalized spacial score (nSPS) is 30.2. The van der Waals surface area contributed by atoms with E-state index in [1.807, 2.05) is 18.2 Å². The molecule has 20 heavy (non-hydrogen) atoms. The van der Waals surface area contributed by atoms with Gasteiger partial charge in [0.2, 0.25) is 5.91 Å². The summed E-state index contributed by atoms with van der Waals surface area (Å²) >= 11 is 0. The van der Waals surface area contributed by atoms with Gasteiger partial charge in [0, 0.05) is 11.7 Å². The first-order valence-electron chi connectivity index (χ1n) is 7.87. The van der Waals surface area contributed by atoms with Gasteiger partial charge in [0.15, 0.2) is 0 Å². The second kappa shape index (κ2) is 5.96. The highest BCUT2D eigenvalue weighted by Crippen LogP contribution is 2.26. The Morgan fingerprint density at radius 1 is 1.10 bits per heavy atom. The number of rotatable bonds is 2. The molecule has 0 bridgehead atoms. The van der Waals surface area contributed by atoms with Gasteiger partial charge >= 0.3 is 0 Å². The zero-order valence-electron chi connectivity index (χ0n) is 12.2. The minimum absolute atomic E-state index is 0.0409. The molecule has 1 atom stereocenters. The first kappa shape index (κ1) is 13.6. The molecule has 1 aliphatic carbocycles. The van der Waals surface area contributed by atoms with E-state index in [0.717, 1.165) is 24.4 Å². The van der Waals surface area contributed by atoms with Crippen molar-refractivity contribution >= 4 is 11.6 Å². The van der Waals surface area contributed by atoms with Crippen LogP contribution in [0.25, 0.3) is 0 Å². The summed E-state index contributed by atoms with van der Waals surface area (Å²) in [6, 6.07) is 8.61. The van der Waals surface area contributed by atoms with Crippen LogP contribution >= 0.6 is 0 Å². The number of amides is 1. The molecule has 0 saturated heterocycles. The van der Waals surface area contributed by atoms with Crippen LogP contribution in [-0.4, -0.2) is 18.0 Å². The topological polar surface area (TPSA) is 41.1 Å². The van der Waals surface area contributed by atoms with Crippen molar-refractivity contribution in [3.05, 3.63) is 29.8 Å². The third kappa shape index (κ3) is 3.04. The number of hydrogen-bond acceptors (Lipinski definition) is 2. The summed E-state index contributed by atoms with van der Waals surface area (Å²) in [6.45, 7) is 2.32. The van der Waals surface area contributed by atoms with Gasteiger partial charge in [-0.25, -0.2) is 0 Å². The summed E-state index contributed by atoms with van der Waals surface area (Å²) < 4.78 is 0. The lowest BCUT2D eigenvalue weighted by Crippen LogP contribution is -2.46. The van der Waals surface area contributed by atoms with E-state index in [4.69, 9.17) is 0 Å². The molecule has 3 rings (SSSR count).